The summed E-state index contributed by atoms with van der Waals surface area (Å²) in [4.78, 5) is 10.4. The van der Waals surface area contributed by atoms with Gasteiger partial charge in [-0.25, -0.2) is 0 Å². The second kappa shape index (κ2) is 12.0. The van der Waals surface area contributed by atoms with Gasteiger partial charge in [0.1, 0.15) is 0 Å². The second-order valence-electron chi connectivity index (χ2n) is 1.56. The van der Waals surface area contributed by atoms with Crippen LogP contribution < -0.4 is 0 Å². The molecule has 0 radical (unpaired) electrons. The molecule has 0 aromatic heterocycles. The van der Waals surface area contributed by atoms with Gasteiger partial charge in [0.25, 0.3) is 0 Å². The van der Waals surface area contributed by atoms with E-state index in [4.69, 9.17) is 0 Å². The SMILES string of the molecule is Br.CCCC(=O)OCC.Cl. The zero-order valence-corrected chi connectivity index (χ0v) is 8.78. The first-order valence-corrected chi connectivity index (χ1v) is 2.96. The molecule has 0 N–H and O–H groups in total. The highest BCUT2D eigenvalue weighted by Gasteiger charge is 1.95. The lowest BCUT2D eigenvalue weighted by Gasteiger charge is -1.96. The van der Waals surface area contributed by atoms with Crippen molar-refractivity contribution in [3.63, 3.8) is 0 Å². The normalized spacial score (nSPS) is 7.00. The number of rotatable bonds is 3. The Labute approximate surface area is 78.5 Å². The lowest BCUT2D eigenvalue weighted by molar-refractivity contribution is -0.143. The lowest BCUT2D eigenvalue weighted by Crippen LogP contribution is -2.01. The van der Waals surface area contributed by atoms with Crippen molar-refractivity contribution in [2.75, 3.05) is 6.61 Å². The molecule has 0 rings (SSSR count). The number of hydrogen-bond acceptors (Lipinski definition) is 2. The van der Waals surface area contributed by atoms with Gasteiger partial charge in [-0.1, -0.05) is 6.92 Å². The molecule has 10 heavy (non-hydrogen) atoms. The Kier molecular flexibility index (Phi) is 20.0. The van der Waals surface area contributed by atoms with Crippen LogP contribution in [-0.2, 0) is 9.53 Å². The molecule has 4 heteroatoms. The number of halogens is 2. The van der Waals surface area contributed by atoms with E-state index in [0.717, 1.165) is 6.42 Å². The number of carbonyl (C=O) groups is 1. The average molecular weight is 234 g/mol. The van der Waals surface area contributed by atoms with E-state index in [-0.39, 0.29) is 35.4 Å². The van der Waals surface area contributed by atoms with Gasteiger partial charge in [0.05, 0.1) is 6.61 Å². The fraction of sp³-hybridized carbons (Fsp3) is 0.833. The van der Waals surface area contributed by atoms with Crippen molar-refractivity contribution in [3.8, 4) is 0 Å². The van der Waals surface area contributed by atoms with Crippen LogP contribution in [0.2, 0.25) is 0 Å². The predicted octanol–water partition coefficient (Wildman–Crippen LogP) is 2.35. The Morgan fingerprint density at radius 3 is 2.20 bits per heavy atom. The maximum Gasteiger partial charge on any atom is 0.305 e. The van der Waals surface area contributed by atoms with Crippen LogP contribution in [0.4, 0.5) is 0 Å². The molecule has 0 saturated heterocycles. The fourth-order valence-electron chi connectivity index (χ4n) is 0.437. The number of carbonyl (C=O) groups excluding carboxylic acids is 1. The fourth-order valence-corrected chi connectivity index (χ4v) is 0.437. The van der Waals surface area contributed by atoms with Crippen molar-refractivity contribution in [2.45, 2.75) is 26.7 Å². The van der Waals surface area contributed by atoms with Gasteiger partial charge in [-0.05, 0) is 13.3 Å². The van der Waals surface area contributed by atoms with E-state index in [1.807, 2.05) is 13.8 Å². The van der Waals surface area contributed by atoms with Crippen molar-refractivity contribution in [1.29, 1.82) is 0 Å². The third kappa shape index (κ3) is 11.1. The molecule has 0 aliphatic heterocycles. The highest BCUT2D eigenvalue weighted by Crippen LogP contribution is 1.89. The molecule has 2 nitrogen and oxygen atoms in total. The van der Waals surface area contributed by atoms with Crippen LogP contribution in [0.25, 0.3) is 0 Å². The Hall–Kier alpha value is 0.240. The summed E-state index contributed by atoms with van der Waals surface area (Å²) in [5, 5.41) is 0. The van der Waals surface area contributed by atoms with Crippen molar-refractivity contribution < 1.29 is 9.53 Å². The summed E-state index contributed by atoms with van der Waals surface area (Å²) in [6.45, 7) is 4.27. The smallest absolute Gasteiger partial charge is 0.305 e. The molecule has 0 amide bonds. The Balaban J connectivity index is -0.000000245. The van der Waals surface area contributed by atoms with Crippen LogP contribution >= 0.6 is 29.4 Å². The zero-order valence-electron chi connectivity index (χ0n) is 6.25. The molecule has 0 unspecified atom stereocenters. The third-order valence-electron chi connectivity index (χ3n) is 0.759. The van der Waals surface area contributed by atoms with Gasteiger partial charge in [0.2, 0.25) is 0 Å². The molecule has 0 bridgehead atoms. The van der Waals surface area contributed by atoms with Gasteiger partial charge in [0, 0.05) is 6.42 Å². The Morgan fingerprint density at radius 2 is 1.90 bits per heavy atom. The van der Waals surface area contributed by atoms with E-state index in [2.05, 4.69) is 4.74 Å². The van der Waals surface area contributed by atoms with Crippen LogP contribution in [-0.4, -0.2) is 12.6 Å². The predicted molar refractivity (Wildman–Crippen MR) is 49.1 cm³/mol. The molecule has 0 heterocycles. The van der Waals surface area contributed by atoms with Crippen LogP contribution in [0.5, 0.6) is 0 Å². The van der Waals surface area contributed by atoms with Gasteiger partial charge in [-0.3, -0.25) is 4.79 Å². The summed E-state index contributed by atoms with van der Waals surface area (Å²) in [6.07, 6.45) is 1.42. The first-order chi connectivity index (χ1) is 3.81. The van der Waals surface area contributed by atoms with E-state index in [0.29, 0.717) is 13.0 Å². The summed E-state index contributed by atoms with van der Waals surface area (Å²) < 4.78 is 4.64. The summed E-state index contributed by atoms with van der Waals surface area (Å²) in [5.74, 6) is -0.0880. The minimum absolute atomic E-state index is 0. The maximum absolute atomic E-state index is 10.4. The lowest BCUT2D eigenvalue weighted by atomic mass is 10.3. The van der Waals surface area contributed by atoms with E-state index < -0.39 is 0 Å². The minimum atomic E-state index is -0.0880. The largest absolute Gasteiger partial charge is 0.466 e. The Bertz CT molecular complexity index is 70.1. The standard InChI is InChI=1S/C6H12O2.BrH.ClH/c1-3-5-6(7)8-4-2;;/h3-5H2,1-2H3;2*1H. The summed E-state index contributed by atoms with van der Waals surface area (Å²) in [7, 11) is 0. The van der Waals surface area contributed by atoms with Gasteiger partial charge >= 0.3 is 5.97 Å². The molecule has 0 aliphatic rings. The first kappa shape index (κ1) is 16.7. The molecule has 0 atom stereocenters. The number of esters is 1. The molecule has 0 spiro atoms. The highest BCUT2D eigenvalue weighted by molar-refractivity contribution is 8.93. The van der Waals surface area contributed by atoms with Crippen molar-refractivity contribution >= 4 is 35.4 Å². The maximum atomic E-state index is 10.4. The number of hydrogen-bond donors (Lipinski definition) is 0. The van der Waals surface area contributed by atoms with Gasteiger partial charge in [0.15, 0.2) is 0 Å². The first-order valence-electron chi connectivity index (χ1n) is 2.96. The van der Waals surface area contributed by atoms with E-state index >= 15 is 0 Å². The Morgan fingerprint density at radius 1 is 1.40 bits per heavy atom. The summed E-state index contributed by atoms with van der Waals surface area (Å²) in [5.41, 5.74) is 0. The van der Waals surface area contributed by atoms with Gasteiger partial charge < -0.3 is 4.74 Å². The van der Waals surface area contributed by atoms with Crippen LogP contribution in [0.15, 0.2) is 0 Å². The number of ether oxygens (including phenoxy) is 1. The zero-order chi connectivity index (χ0) is 6.41. The summed E-state index contributed by atoms with van der Waals surface area (Å²) in [6, 6.07) is 0. The second-order valence-corrected chi connectivity index (χ2v) is 1.56. The van der Waals surface area contributed by atoms with E-state index in [1.165, 1.54) is 0 Å². The molecule has 0 saturated carbocycles. The molecule has 0 aliphatic carbocycles. The topological polar surface area (TPSA) is 26.3 Å². The van der Waals surface area contributed by atoms with Crippen molar-refractivity contribution in [3.05, 3.63) is 0 Å². The molecule has 0 aromatic rings. The van der Waals surface area contributed by atoms with Gasteiger partial charge in [-0.2, -0.15) is 0 Å². The third-order valence-corrected chi connectivity index (χ3v) is 0.759. The highest BCUT2D eigenvalue weighted by atomic mass is 79.9. The van der Waals surface area contributed by atoms with Gasteiger partial charge in [-0.15, -0.1) is 29.4 Å². The minimum Gasteiger partial charge on any atom is -0.466 e. The molecule has 64 valence electrons. The molecular weight excluding hydrogens is 219 g/mol. The van der Waals surface area contributed by atoms with E-state index in [1.54, 1.807) is 0 Å². The summed E-state index contributed by atoms with van der Waals surface area (Å²) >= 11 is 0. The quantitative estimate of drug-likeness (QED) is 0.700. The van der Waals surface area contributed by atoms with Crippen LogP contribution in [0.1, 0.15) is 26.7 Å². The van der Waals surface area contributed by atoms with E-state index in [9.17, 15) is 4.79 Å². The molecule has 0 aromatic carbocycles. The average Bonchev–Trinajstić information content (AvgIpc) is 1.68. The molecular formula is C6H14BrClO2. The molecule has 0 fully saturated rings. The van der Waals surface area contributed by atoms with Crippen molar-refractivity contribution in [2.24, 2.45) is 0 Å². The van der Waals surface area contributed by atoms with Crippen molar-refractivity contribution in [1.82, 2.24) is 0 Å². The van der Waals surface area contributed by atoms with Crippen LogP contribution in [0.3, 0.4) is 0 Å². The monoisotopic (exact) mass is 232 g/mol. The van der Waals surface area contributed by atoms with Crippen LogP contribution in [0, 0.1) is 0 Å².